The monoisotopic (exact) mass is 514 g/mol. The van der Waals surface area contributed by atoms with Crippen molar-refractivity contribution in [1.29, 1.82) is 0 Å². The molecule has 0 aliphatic carbocycles. The maximum atomic E-state index is 13.2. The van der Waals surface area contributed by atoms with Crippen LogP contribution in [0, 0.1) is 0 Å². The first-order chi connectivity index (χ1) is 15.3. The Morgan fingerprint density at radius 2 is 1.72 bits per heavy atom. The van der Waals surface area contributed by atoms with Gasteiger partial charge in [-0.3, -0.25) is 9.59 Å². The molecule has 2 rings (SSSR count). The maximum absolute atomic E-state index is 13.2. The number of unbranched alkanes of at least 4 members (excludes halogenated alkanes) is 1. The van der Waals surface area contributed by atoms with Crippen molar-refractivity contribution in [2.45, 2.75) is 51.4 Å². The molecule has 32 heavy (non-hydrogen) atoms. The summed E-state index contributed by atoms with van der Waals surface area (Å²) in [6, 6.07) is 12.2. The van der Waals surface area contributed by atoms with Gasteiger partial charge < -0.3 is 10.2 Å². The molecule has 0 heterocycles. The summed E-state index contributed by atoms with van der Waals surface area (Å²) < 4.78 is 0. The van der Waals surface area contributed by atoms with Crippen molar-refractivity contribution in [2.24, 2.45) is 0 Å². The average molecular weight is 516 g/mol. The van der Waals surface area contributed by atoms with E-state index in [1.165, 1.54) is 11.8 Å². The van der Waals surface area contributed by atoms with E-state index >= 15 is 0 Å². The number of rotatable bonds is 12. The van der Waals surface area contributed by atoms with Gasteiger partial charge in [-0.25, -0.2) is 0 Å². The lowest BCUT2D eigenvalue weighted by molar-refractivity contribution is -0.139. The number of carbonyl (C=O) groups is 2. The Hall–Kier alpha value is -1.40. The molecule has 174 valence electrons. The quantitative estimate of drug-likeness (QED) is 0.324. The minimum atomic E-state index is -0.533. The summed E-state index contributed by atoms with van der Waals surface area (Å²) in [4.78, 5) is 27.7. The zero-order chi connectivity index (χ0) is 23.5. The van der Waals surface area contributed by atoms with Crippen molar-refractivity contribution in [3.05, 3.63) is 68.7 Å². The van der Waals surface area contributed by atoms with E-state index < -0.39 is 6.04 Å². The second kappa shape index (κ2) is 14.0. The summed E-state index contributed by atoms with van der Waals surface area (Å²) in [5.74, 6) is 0.614. The van der Waals surface area contributed by atoms with Crippen LogP contribution in [0.3, 0.4) is 0 Å². The second-order valence-electron chi connectivity index (χ2n) is 7.45. The summed E-state index contributed by atoms with van der Waals surface area (Å²) in [6.07, 6.45) is 2.43. The Balaban J connectivity index is 2.11. The van der Waals surface area contributed by atoms with Crippen LogP contribution in [0.2, 0.25) is 15.1 Å². The van der Waals surface area contributed by atoms with Crippen LogP contribution in [0.1, 0.15) is 44.2 Å². The van der Waals surface area contributed by atoms with Crippen molar-refractivity contribution in [1.82, 2.24) is 10.2 Å². The molecule has 8 heteroatoms. The van der Waals surface area contributed by atoms with Crippen molar-refractivity contribution in [3.63, 3.8) is 0 Å². The minimum Gasteiger partial charge on any atom is -0.354 e. The van der Waals surface area contributed by atoms with Gasteiger partial charge in [0.05, 0.1) is 5.75 Å². The SMILES string of the molecule is CCCCNC(=O)[C@@H](CC)N(Cc1ccc(Cl)cc1)C(=O)CSCc1ccc(Cl)cc1Cl. The molecule has 0 fully saturated rings. The number of halogens is 3. The van der Waals surface area contributed by atoms with Gasteiger partial charge in [0.1, 0.15) is 6.04 Å². The fourth-order valence-electron chi connectivity index (χ4n) is 3.18. The van der Waals surface area contributed by atoms with Crippen LogP contribution in [0.4, 0.5) is 0 Å². The third-order valence-corrected chi connectivity index (χ3v) is 6.78. The fraction of sp³-hybridized carbons (Fsp3) is 0.417. The van der Waals surface area contributed by atoms with E-state index in [-0.39, 0.29) is 17.6 Å². The Kier molecular flexibility index (Phi) is 11.7. The average Bonchev–Trinajstić information content (AvgIpc) is 2.76. The van der Waals surface area contributed by atoms with Gasteiger partial charge in [0.15, 0.2) is 0 Å². The zero-order valence-corrected chi connectivity index (χ0v) is 21.5. The minimum absolute atomic E-state index is 0.0903. The number of amides is 2. The molecule has 0 spiro atoms. The third kappa shape index (κ3) is 8.51. The maximum Gasteiger partial charge on any atom is 0.242 e. The van der Waals surface area contributed by atoms with Crippen LogP contribution in [0.25, 0.3) is 0 Å². The number of thioether (sulfide) groups is 1. The first-order valence-electron chi connectivity index (χ1n) is 10.7. The second-order valence-corrected chi connectivity index (χ2v) is 9.71. The van der Waals surface area contributed by atoms with Gasteiger partial charge in [-0.05, 0) is 48.2 Å². The molecule has 0 aliphatic heterocycles. The molecular formula is C24H29Cl3N2O2S. The first kappa shape index (κ1) is 26.8. The number of benzene rings is 2. The van der Waals surface area contributed by atoms with E-state index in [2.05, 4.69) is 12.2 Å². The van der Waals surface area contributed by atoms with E-state index in [1.807, 2.05) is 25.1 Å². The molecule has 0 aliphatic rings. The van der Waals surface area contributed by atoms with Crippen molar-refractivity contribution >= 4 is 58.4 Å². The molecule has 2 amide bonds. The summed E-state index contributed by atoms with van der Waals surface area (Å²) >= 11 is 19.7. The molecule has 1 N–H and O–H groups in total. The van der Waals surface area contributed by atoms with E-state index in [1.54, 1.807) is 29.2 Å². The van der Waals surface area contributed by atoms with E-state index in [9.17, 15) is 9.59 Å². The fourth-order valence-corrected chi connectivity index (χ4v) is 4.78. The number of hydrogen-bond acceptors (Lipinski definition) is 3. The van der Waals surface area contributed by atoms with Crippen LogP contribution in [-0.4, -0.2) is 35.1 Å². The van der Waals surface area contributed by atoms with Gasteiger partial charge in [-0.2, -0.15) is 0 Å². The molecule has 0 bridgehead atoms. The summed E-state index contributed by atoms with van der Waals surface area (Å²) in [6.45, 7) is 4.95. The smallest absolute Gasteiger partial charge is 0.242 e. The molecule has 2 aromatic rings. The van der Waals surface area contributed by atoms with Gasteiger partial charge in [-0.1, -0.05) is 73.3 Å². The van der Waals surface area contributed by atoms with Gasteiger partial charge in [0.25, 0.3) is 0 Å². The summed E-state index contributed by atoms with van der Waals surface area (Å²) in [7, 11) is 0. The number of carbonyl (C=O) groups excluding carboxylic acids is 2. The van der Waals surface area contributed by atoms with Crippen LogP contribution in [-0.2, 0) is 21.9 Å². The number of nitrogens with zero attached hydrogens (tertiary/aromatic N) is 1. The first-order valence-corrected chi connectivity index (χ1v) is 13.0. The van der Waals surface area contributed by atoms with Gasteiger partial charge in [0.2, 0.25) is 11.8 Å². The molecule has 0 radical (unpaired) electrons. The molecule has 4 nitrogen and oxygen atoms in total. The van der Waals surface area contributed by atoms with Gasteiger partial charge in [0, 0.05) is 33.9 Å². The predicted molar refractivity (Wildman–Crippen MR) is 137 cm³/mol. The number of nitrogens with one attached hydrogen (secondary N) is 1. The standard InChI is InChI=1S/C24H29Cl3N2O2S/c1-3-5-12-28-24(31)22(4-2)29(14-17-6-9-19(25)10-7-17)23(30)16-32-15-18-8-11-20(26)13-21(18)27/h6-11,13,22H,3-5,12,14-16H2,1-2H3,(H,28,31)/t22-/m1/s1. The topological polar surface area (TPSA) is 49.4 Å². The van der Waals surface area contributed by atoms with Crippen molar-refractivity contribution < 1.29 is 9.59 Å². The highest BCUT2D eigenvalue weighted by Crippen LogP contribution is 2.25. The lowest BCUT2D eigenvalue weighted by Gasteiger charge is -2.30. The van der Waals surface area contributed by atoms with Crippen LogP contribution < -0.4 is 5.32 Å². The lowest BCUT2D eigenvalue weighted by atomic mass is 10.1. The van der Waals surface area contributed by atoms with Gasteiger partial charge >= 0.3 is 0 Å². The molecule has 0 aromatic heterocycles. The molecule has 0 saturated heterocycles. The van der Waals surface area contributed by atoms with Crippen LogP contribution in [0.15, 0.2) is 42.5 Å². The zero-order valence-electron chi connectivity index (χ0n) is 18.4. The largest absolute Gasteiger partial charge is 0.354 e. The Morgan fingerprint density at radius 1 is 1.03 bits per heavy atom. The van der Waals surface area contributed by atoms with Crippen molar-refractivity contribution in [2.75, 3.05) is 12.3 Å². The molecular weight excluding hydrogens is 487 g/mol. The Morgan fingerprint density at radius 3 is 2.34 bits per heavy atom. The Bertz CT molecular complexity index is 893. The van der Waals surface area contributed by atoms with E-state index in [0.717, 1.165) is 24.0 Å². The van der Waals surface area contributed by atoms with Crippen LogP contribution in [0.5, 0.6) is 0 Å². The van der Waals surface area contributed by atoms with Gasteiger partial charge in [-0.15, -0.1) is 11.8 Å². The molecule has 1 atom stereocenters. The van der Waals surface area contributed by atoms with Crippen molar-refractivity contribution in [3.8, 4) is 0 Å². The molecule has 0 unspecified atom stereocenters. The molecule has 2 aromatic carbocycles. The normalized spacial score (nSPS) is 11.8. The summed E-state index contributed by atoms with van der Waals surface area (Å²) in [5, 5.41) is 4.76. The van der Waals surface area contributed by atoms with Crippen LogP contribution >= 0.6 is 46.6 Å². The Labute approximate surface area is 210 Å². The third-order valence-electron chi connectivity index (χ3n) is 4.98. The predicted octanol–water partition coefficient (Wildman–Crippen LogP) is 6.60. The highest BCUT2D eigenvalue weighted by Gasteiger charge is 2.28. The van der Waals surface area contributed by atoms with E-state index in [4.69, 9.17) is 34.8 Å². The lowest BCUT2D eigenvalue weighted by Crippen LogP contribution is -2.49. The summed E-state index contributed by atoms with van der Waals surface area (Å²) in [5.41, 5.74) is 1.84. The highest BCUT2D eigenvalue weighted by molar-refractivity contribution is 7.99. The highest BCUT2D eigenvalue weighted by atomic mass is 35.5. The number of hydrogen-bond donors (Lipinski definition) is 1. The molecule has 0 saturated carbocycles. The van der Waals surface area contributed by atoms with E-state index in [0.29, 0.717) is 40.3 Å².